The van der Waals surface area contributed by atoms with Crippen molar-refractivity contribution in [3.63, 3.8) is 0 Å². The second kappa shape index (κ2) is 43.9. The van der Waals surface area contributed by atoms with Crippen molar-refractivity contribution >= 4 is 23.9 Å². The summed E-state index contributed by atoms with van der Waals surface area (Å²) in [5, 5.41) is 0. The predicted molar refractivity (Wildman–Crippen MR) is 471 cm³/mol. The van der Waals surface area contributed by atoms with Crippen molar-refractivity contribution < 1.29 is 153 Å². The van der Waals surface area contributed by atoms with Crippen LogP contribution in [-0.4, -0.2) is 201 Å². The number of piperidine rings is 4. The Bertz CT molecular complexity index is 6530. The van der Waals surface area contributed by atoms with Gasteiger partial charge in [-0.3, -0.25) is 38.8 Å². The van der Waals surface area contributed by atoms with Crippen molar-refractivity contribution in [2.75, 3.05) is 109 Å². The number of hydrogen-bond acceptors (Lipinski definition) is 24. The van der Waals surface area contributed by atoms with E-state index in [1.54, 1.807) is 4.90 Å². The van der Waals surface area contributed by atoms with Gasteiger partial charge < -0.3 is 79.8 Å². The van der Waals surface area contributed by atoms with Crippen LogP contribution < -0.4 is 60.8 Å². The van der Waals surface area contributed by atoms with Gasteiger partial charge in [0, 0.05) is 164 Å². The Labute approximate surface area is 797 Å². The summed E-state index contributed by atoms with van der Waals surface area (Å²) in [6, 6.07) is -20.6. The van der Waals surface area contributed by atoms with E-state index in [0.717, 1.165) is 0 Å². The van der Waals surface area contributed by atoms with Gasteiger partial charge in [-0.15, -0.1) is 0 Å². The predicted octanol–water partition coefficient (Wildman–Crippen LogP) is 14.3. The Balaban J connectivity index is 0.000000257. The molecule has 8 aliphatic heterocycles. The van der Waals surface area contributed by atoms with E-state index in [0.29, 0.717) is 62.0 Å². The number of nitrogens with zero attached hydrogens (tertiary/aromatic N) is 4. The average Bonchev–Trinajstić information content (AvgIpc) is 0.727. The molecule has 4 saturated heterocycles. The van der Waals surface area contributed by atoms with Crippen LogP contribution in [0.5, 0.6) is 46.0 Å². The molecule has 8 N–H and O–H groups in total. The van der Waals surface area contributed by atoms with Gasteiger partial charge in [0.1, 0.15) is 48.4 Å². The fraction of sp³-hybridized carbons (Fsp3) is 0.708. The third-order valence-electron chi connectivity index (χ3n) is 22.2. The first kappa shape index (κ1) is 45.1. The standard InChI is InChI=1S/4C24H38N2O4/c4*1-14(2)9-17-13-26-8-7-16-10-21(28-5)22(29-6)11-18(16)19(26)12-20(17)30-24(27)23(25)15(3)4/h4*10-11,14-15,17,19-20,23H,7-9,12-13,25H2,1-6H3/t4*17?,19?,20?,23-/m0000/s1/i3D3,4D3,5D3,6D3,10D,11D,15D,20D,23D;3D3,4D3,6D3,10D,11D,15D,20D,23D;3D3,4D3,5D3,10D,11D,15D,20D,23D;3D3,4D3,10D,11D,15D,20D,23D. The van der Waals surface area contributed by atoms with Crippen LogP contribution in [0, 0.1) is 70.9 Å². The normalized spacial score (nSPS) is 36.8. The number of esters is 4. The van der Waals surface area contributed by atoms with E-state index in [9.17, 15) is 24.7 Å². The lowest BCUT2D eigenvalue weighted by molar-refractivity contribution is -0.161. The fourth-order valence-electron chi connectivity index (χ4n) is 16.7. The van der Waals surface area contributed by atoms with Crippen molar-refractivity contribution in [2.24, 2.45) is 93.9 Å². The highest BCUT2D eigenvalue weighted by atomic mass is 16.6. The number of benzene rings is 4. The molecule has 0 radical (unpaired) electrons. The summed E-state index contributed by atoms with van der Waals surface area (Å²) in [7, 11) is -7.18. The largest absolute Gasteiger partial charge is 0.493 e. The van der Waals surface area contributed by atoms with Crippen LogP contribution in [0.2, 0.25) is 0 Å². The van der Waals surface area contributed by atoms with Crippen LogP contribution in [0.4, 0.5) is 0 Å². The molecule has 12 unspecified atom stereocenters. The van der Waals surface area contributed by atoms with Gasteiger partial charge in [-0.25, -0.2) is 0 Å². The third kappa shape index (κ3) is 23.8. The molecule has 0 aromatic heterocycles. The summed E-state index contributed by atoms with van der Waals surface area (Å²) in [4.78, 5) is 61.5. The molecule has 0 bridgehead atoms. The van der Waals surface area contributed by atoms with Crippen LogP contribution in [0.25, 0.3) is 0 Å². The number of carbonyl (C=O) groups excluding carboxylic acids is 4. The molecule has 16 atom stereocenters. The Morgan fingerprint density at radius 2 is 0.542 bits per heavy atom. The van der Waals surface area contributed by atoms with Crippen LogP contribution in [0.15, 0.2) is 48.3 Å². The summed E-state index contributed by atoms with van der Waals surface area (Å²) in [6.07, 6.45) is -8.23. The van der Waals surface area contributed by atoms with Crippen molar-refractivity contribution in [1.29, 1.82) is 0 Å². The first-order valence-corrected chi connectivity index (χ1v) is 39.5. The maximum atomic E-state index is 13.5. The molecular weight excluding hydrogens is 1520 g/mol. The maximum Gasteiger partial charge on any atom is 0.323 e. The number of fused-ring (bicyclic) bond motifs is 12. The van der Waals surface area contributed by atoms with Crippen molar-refractivity contribution in [2.45, 2.75) is 260 Å². The number of ether oxygens (including phenoxy) is 12. The van der Waals surface area contributed by atoms with E-state index < -0.39 is 281 Å². The Morgan fingerprint density at radius 1 is 0.350 bits per heavy atom. The highest BCUT2D eigenvalue weighted by Gasteiger charge is 2.47. The van der Waals surface area contributed by atoms with Gasteiger partial charge >= 0.3 is 23.9 Å². The van der Waals surface area contributed by atoms with Gasteiger partial charge in [0.05, 0.1) is 95.0 Å². The lowest BCUT2D eigenvalue weighted by Gasteiger charge is -2.47. The van der Waals surface area contributed by atoms with Crippen LogP contribution in [-0.2, 0) is 63.8 Å². The molecule has 8 heterocycles. The summed E-state index contributed by atoms with van der Waals surface area (Å²) in [5.41, 5.74) is 25.0. The summed E-state index contributed by atoms with van der Waals surface area (Å²) < 4.78 is 512. The number of hydrogen-bond donors (Lipinski definition) is 4. The van der Waals surface area contributed by atoms with Gasteiger partial charge in [0.2, 0.25) is 0 Å². The SMILES string of the molecule is [2H]c1c2c(c([2H])c(OC([2H])([2H])[2H])c1OC([2H])([2H])[2H])C1CC([2H])(OC(=O)[C@@]([2H])(N)C([2H])(C([2H])([2H])[2H])C([2H])([2H])[2H])C(CC(C)C)CN1CC2.[2H]c1c2c(c([2H])c(OC([2H])([2H])[2H])c1OC)C1CC([2H])(OC(=O)[C@@]([2H])(N)C([2H])(C([2H])([2H])[2H])C([2H])([2H])[2H])C(CC(C)C)CN1CC2.[2H]c1c2c(c([2H])c(OC)c1OC([2H])([2H])[2H])C1CC([2H])(OC(=O)[C@@]([2H])(N)C([2H])(C([2H])([2H])[2H])C([2H])([2H])[2H])C(CC(C)C)CN1CC2.[2H]c1c2c(c([2H])c(OC)c1OC)C1CC([2H])(OC(=O)[C@@]([2H])(N)C([2H])(C([2H])([2H])[2H])C([2H])([2H])[2H])C(CC(C)C)CN1CC2. The molecule has 4 aromatic rings. The van der Waals surface area contributed by atoms with Crippen molar-refractivity contribution in [3.8, 4) is 46.0 Å². The minimum atomic E-state index is -3.87. The minimum Gasteiger partial charge on any atom is -0.493 e. The number of rotatable bonds is 28. The Hall–Kier alpha value is -7.16. The molecule has 0 aliphatic carbocycles. The zero-order valence-corrected chi connectivity index (χ0v) is 69.7. The van der Waals surface area contributed by atoms with Gasteiger partial charge in [-0.1, -0.05) is 110 Å². The Morgan fingerprint density at radius 3 is 0.725 bits per heavy atom. The molecule has 8 aliphatic rings. The fourth-order valence-corrected chi connectivity index (χ4v) is 16.7. The molecule has 24 heteroatoms. The minimum absolute atomic E-state index is 0.00888. The average molecular weight is 1730 g/mol. The summed E-state index contributed by atoms with van der Waals surface area (Å²) in [6.45, 7) is -13.1. The first-order valence-electron chi connectivity index (χ1n) is 67.5. The van der Waals surface area contributed by atoms with Gasteiger partial charge in [-0.05, 0) is 191 Å². The van der Waals surface area contributed by atoms with Gasteiger partial charge in [0.25, 0.3) is 0 Å². The van der Waals surface area contributed by atoms with E-state index >= 15 is 0 Å². The number of nitrogens with two attached hydrogens (primary N) is 4. The smallest absolute Gasteiger partial charge is 0.323 e. The van der Waals surface area contributed by atoms with Crippen molar-refractivity contribution in [3.05, 3.63) is 92.8 Å². The lowest BCUT2D eigenvalue weighted by Crippen LogP contribution is -2.51. The van der Waals surface area contributed by atoms with Crippen molar-refractivity contribution in [1.82, 2.24) is 19.6 Å². The first-order chi connectivity index (χ1) is 78.9. The molecule has 0 spiro atoms. The van der Waals surface area contributed by atoms with E-state index in [1.165, 1.54) is 28.4 Å². The molecule has 4 fully saturated rings. The molecule has 4 aromatic carbocycles. The van der Waals surface area contributed by atoms with E-state index in [-0.39, 0.29) is 176 Å². The second-order valence-corrected chi connectivity index (χ2v) is 32.2. The molecule has 24 nitrogen and oxygen atoms in total. The highest BCUT2D eigenvalue weighted by molar-refractivity contribution is 5.77. The molecule has 0 amide bonds. The number of carbonyl (C=O) groups is 4. The van der Waals surface area contributed by atoms with E-state index in [4.69, 9.17) is 151 Å². The van der Waals surface area contributed by atoms with Gasteiger partial charge in [0.15, 0.2) is 46.0 Å². The lowest BCUT2D eigenvalue weighted by atomic mass is 9.79. The maximum absolute atomic E-state index is 13.5. The monoisotopic (exact) mass is 1730 g/mol. The zero-order chi connectivity index (χ0) is 136. The van der Waals surface area contributed by atoms with Crippen LogP contribution in [0.3, 0.4) is 0 Å². The topological polar surface area (TPSA) is 296 Å². The molecular formula is C96H152N8O16. The van der Waals surface area contributed by atoms with Gasteiger partial charge in [-0.2, -0.15) is 0 Å². The zero-order valence-electron chi connectivity index (χ0n) is 126. The summed E-state index contributed by atoms with van der Waals surface area (Å²) in [5.74, 6) is -29.0. The Kier molecular flexibility index (Phi) is 16.5. The van der Waals surface area contributed by atoms with Crippen LogP contribution >= 0.6 is 0 Å². The molecule has 120 heavy (non-hydrogen) atoms. The molecule has 0 saturated carbocycles. The summed E-state index contributed by atoms with van der Waals surface area (Å²) >= 11 is 0. The third-order valence-corrected chi connectivity index (χ3v) is 22.2. The van der Waals surface area contributed by atoms with E-state index in [2.05, 4.69) is 0 Å². The second-order valence-electron chi connectivity index (χ2n) is 32.2. The van der Waals surface area contributed by atoms with Crippen LogP contribution in [0.1, 0.15) is 307 Å². The molecule has 672 valence electrons. The number of methoxy groups -OCH3 is 8. The quantitative estimate of drug-likeness (QED) is 0.0303. The molecule has 12 rings (SSSR count). The van der Waals surface area contributed by atoms with E-state index in [1.807, 2.05) is 70.1 Å². The highest BCUT2D eigenvalue weighted by Crippen LogP contribution is 2.50.